The molecule has 5 heteroatoms. The van der Waals surface area contributed by atoms with Crippen LogP contribution < -0.4 is 4.74 Å². The zero-order valence-corrected chi connectivity index (χ0v) is 12.5. The van der Waals surface area contributed by atoms with E-state index in [1.54, 1.807) is 13.3 Å². The molecule has 0 aliphatic heterocycles. The van der Waals surface area contributed by atoms with Gasteiger partial charge in [0.25, 0.3) is 0 Å². The van der Waals surface area contributed by atoms with E-state index in [1.165, 1.54) is 0 Å². The number of rotatable bonds is 5. The summed E-state index contributed by atoms with van der Waals surface area (Å²) in [6.07, 6.45) is 1.67. The van der Waals surface area contributed by atoms with Crippen LogP contribution in [0.3, 0.4) is 0 Å². The molecule has 1 heterocycles. The van der Waals surface area contributed by atoms with E-state index in [2.05, 4.69) is 20.9 Å². The SMILES string of the molecule is COc1ccc(C(CC(=O)O)c2ccccn2)cc1Br. The molecule has 0 bridgehead atoms. The number of carbonyl (C=O) groups is 1. The molecule has 2 aromatic rings. The molecular weight excluding hydrogens is 322 g/mol. The largest absolute Gasteiger partial charge is 0.496 e. The van der Waals surface area contributed by atoms with Gasteiger partial charge in [-0.15, -0.1) is 0 Å². The maximum atomic E-state index is 11.1. The molecule has 0 aliphatic rings. The fourth-order valence-electron chi connectivity index (χ4n) is 2.05. The molecular formula is C15H14BrNO3. The van der Waals surface area contributed by atoms with Gasteiger partial charge in [0.05, 0.1) is 18.0 Å². The van der Waals surface area contributed by atoms with Crippen molar-refractivity contribution < 1.29 is 14.6 Å². The molecule has 0 saturated carbocycles. The zero-order chi connectivity index (χ0) is 14.5. The second kappa shape index (κ2) is 6.52. The first-order chi connectivity index (χ1) is 9.61. The Morgan fingerprint density at radius 2 is 2.20 bits per heavy atom. The van der Waals surface area contributed by atoms with Crippen molar-refractivity contribution in [3.05, 3.63) is 58.3 Å². The van der Waals surface area contributed by atoms with E-state index in [-0.39, 0.29) is 12.3 Å². The number of hydrogen-bond acceptors (Lipinski definition) is 3. The summed E-state index contributed by atoms with van der Waals surface area (Å²) in [4.78, 5) is 15.4. The Morgan fingerprint density at radius 1 is 1.40 bits per heavy atom. The number of pyridine rings is 1. The highest BCUT2D eigenvalue weighted by molar-refractivity contribution is 9.10. The van der Waals surface area contributed by atoms with E-state index in [0.29, 0.717) is 5.75 Å². The molecule has 20 heavy (non-hydrogen) atoms. The quantitative estimate of drug-likeness (QED) is 0.908. The fraction of sp³-hybridized carbons (Fsp3) is 0.200. The average Bonchev–Trinajstić information content (AvgIpc) is 2.45. The Kier molecular flexibility index (Phi) is 4.74. The Bertz CT molecular complexity index is 601. The Morgan fingerprint density at radius 3 is 2.75 bits per heavy atom. The van der Waals surface area contributed by atoms with Crippen molar-refractivity contribution in [2.24, 2.45) is 0 Å². The smallest absolute Gasteiger partial charge is 0.304 e. The van der Waals surface area contributed by atoms with Crippen LogP contribution in [0.4, 0.5) is 0 Å². The monoisotopic (exact) mass is 335 g/mol. The molecule has 104 valence electrons. The molecule has 1 N–H and O–H groups in total. The lowest BCUT2D eigenvalue weighted by Gasteiger charge is -2.16. The first kappa shape index (κ1) is 14.5. The average molecular weight is 336 g/mol. The summed E-state index contributed by atoms with van der Waals surface area (Å²) < 4.78 is 5.98. The normalized spacial score (nSPS) is 11.9. The minimum Gasteiger partial charge on any atom is -0.496 e. The van der Waals surface area contributed by atoms with Crippen LogP contribution in [0, 0.1) is 0 Å². The van der Waals surface area contributed by atoms with Crippen LogP contribution in [0.1, 0.15) is 23.6 Å². The highest BCUT2D eigenvalue weighted by Crippen LogP contribution is 2.32. The fourth-order valence-corrected chi connectivity index (χ4v) is 2.61. The number of benzene rings is 1. The number of nitrogens with zero attached hydrogens (tertiary/aromatic N) is 1. The van der Waals surface area contributed by atoms with Gasteiger partial charge in [-0.1, -0.05) is 12.1 Å². The summed E-state index contributed by atoms with van der Waals surface area (Å²) in [6, 6.07) is 11.1. The van der Waals surface area contributed by atoms with Gasteiger partial charge in [-0.2, -0.15) is 0 Å². The topological polar surface area (TPSA) is 59.4 Å². The third kappa shape index (κ3) is 3.36. The molecule has 1 aromatic heterocycles. The predicted molar refractivity (Wildman–Crippen MR) is 79.0 cm³/mol. The summed E-state index contributed by atoms with van der Waals surface area (Å²) in [5, 5.41) is 9.11. The Hall–Kier alpha value is -1.88. The minimum atomic E-state index is -0.854. The molecule has 0 aliphatic carbocycles. The van der Waals surface area contributed by atoms with Crippen LogP contribution in [-0.4, -0.2) is 23.2 Å². The molecule has 1 aromatic carbocycles. The van der Waals surface area contributed by atoms with Gasteiger partial charge in [0.15, 0.2) is 0 Å². The lowest BCUT2D eigenvalue weighted by Crippen LogP contribution is -2.09. The summed E-state index contributed by atoms with van der Waals surface area (Å²) >= 11 is 3.42. The highest BCUT2D eigenvalue weighted by atomic mass is 79.9. The first-order valence-electron chi connectivity index (χ1n) is 6.08. The van der Waals surface area contributed by atoms with Gasteiger partial charge in [-0.25, -0.2) is 0 Å². The van der Waals surface area contributed by atoms with E-state index >= 15 is 0 Å². The molecule has 4 nitrogen and oxygen atoms in total. The summed E-state index contributed by atoms with van der Waals surface area (Å²) in [5.74, 6) is -0.424. The Labute approximate surface area is 125 Å². The van der Waals surface area contributed by atoms with E-state index in [0.717, 1.165) is 15.7 Å². The number of halogens is 1. The van der Waals surface area contributed by atoms with Gasteiger partial charge in [-0.3, -0.25) is 9.78 Å². The van der Waals surface area contributed by atoms with Crippen LogP contribution >= 0.6 is 15.9 Å². The maximum absolute atomic E-state index is 11.1. The third-order valence-electron chi connectivity index (χ3n) is 3.00. The van der Waals surface area contributed by atoms with Crippen LogP contribution in [0.15, 0.2) is 47.1 Å². The number of carboxylic acid groups (broad SMARTS) is 1. The summed E-state index contributed by atoms with van der Waals surface area (Å²) in [7, 11) is 1.59. The van der Waals surface area contributed by atoms with Gasteiger partial charge < -0.3 is 9.84 Å². The molecule has 0 fully saturated rings. The first-order valence-corrected chi connectivity index (χ1v) is 6.87. The van der Waals surface area contributed by atoms with Crippen molar-refractivity contribution in [3.63, 3.8) is 0 Å². The van der Waals surface area contributed by atoms with Gasteiger partial charge in [-0.05, 0) is 45.8 Å². The van der Waals surface area contributed by atoms with Crippen LogP contribution in [0.5, 0.6) is 5.75 Å². The van der Waals surface area contributed by atoms with Gasteiger partial charge in [0.1, 0.15) is 5.75 Å². The van der Waals surface area contributed by atoms with Gasteiger partial charge >= 0.3 is 5.97 Å². The summed E-state index contributed by atoms with van der Waals surface area (Å²) in [6.45, 7) is 0. The molecule has 1 atom stereocenters. The van der Waals surface area contributed by atoms with Gasteiger partial charge in [0.2, 0.25) is 0 Å². The Balaban J connectivity index is 2.41. The maximum Gasteiger partial charge on any atom is 0.304 e. The molecule has 2 rings (SSSR count). The van der Waals surface area contributed by atoms with E-state index in [9.17, 15) is 4.79 Å². The molecule has 0 spiro atoms. The second-order valence-corrected chi connectivity index (χ2v) is 5.15. The molecule has 1 unspecified atom stereocenters. The summed E-state index contributed by atoms with van der Waals surface area (Å²) in [5.41, 5.74) is 1.63. The van der Waals surface area contributed by atoms with Gasteiger partial charge in [0, 0.05) is 17.8 Å². The van der Waals surface area contributed by atoms with Crippen molar-refractivity contribution >= 4 is 21.9 Å². The standard InChI is InChI=1S/C15H14BrNO3/c1-20-14-6-5-10(8-12(14)16)11(9-15(18)19)13-4-2-3-7-17-13/h2-8,11H,9H2,1H3,(H,18,19). The van der Waals surface area contributed by atoms with Crippen molar-refractivity contribution in [1.29, 1.82) is 0 Å². The lowest BCUT2D eigenvalue weighted by molar-refractivity contribution is -0.137. The number of ether oxygens (including phenoxy) is 1. The number of methoxy groups -OCH3 is 1. The van der Waals surface area contributed by atoms with E-state index in [4.69, 9.17) is 9.84 Å². The highest BCUT2D eigenvalue weighted by Gasteiger charge is 2.20. The van der Waals surface area contributed by atoms with Crippen molar-refractivity contribution in [2.75, 3.05) is 7.11 Å². The second-order valence-electron chi connectivity index (χ2n) is 4.30. The van der Waals surface area contributed by atoms with Crippen LogP contribution in [0.2, 0.25) is 0 Å². The number of aliphatic carboxylic acids is 1. The molecule has 0 radical (unpaired) electrons. The number of aromatic nitrogens is 1. The minimum absolute atomic E-state index is 0.00418. The zero-order valence-electron chi connectivity index (χ0n) is 10.9. The number of carboxylic acids is 1. The van der Waals surface area contributed by atoms with E-state index in [1.807, 2.05) is 36.4 Å². The molecule has 0 amide bonds. The molecule has 0 saturated heterocycles. The van der Waals surface area contributed by atoms with E-state index < -0.39 is 5.97 Å². The number of hydrogen-bond donors (Lipinski definition) is 1. The van der Waals surface area contributed by atoms with Crippen molar-refractivity contribution in [2.45, 2.75) is 12.3 Å². The van der Waals surface area contributed by atoms with Crippen LogP contribution in [-0.2, 0) is 4.79 Å². The lowest BCUT2D eigenvalue weighted by atomic mass is 9.92. The van der Waals surface area contributed by atoms with Crippen molar-refractivity contribution in [1.82, 2.24) is 4.98 Å². The third-order valence-corrected chi connectivity index (χ3v) is 3.62. The van der Waals surface area contributed by atoms with Crippen molar-refractivity contribution in [3.8, 4) is 5.75 Å². The van der Waals surface area contributed by atoms with Crippen LogP contribution in [0.25, 0.3) is 0 Å². The predicted octanol–water partition coefficient (Wildman–Crippen LogP) is 3.46.